The van der Waals surface area contributed by atoms with Crippen molar-refractivity contribution in [2.45, 2.75) is 32.8 Å². The average Bonchev–Trinajstić information content (AvgIpc) is 2.40. The molecule has 0 unspecified atom stereocenters. The van der Waals surface area contributed by atoms with E-state index < -0.39 is 34.9 Å². The van der Waals surface area contributed by atoms with Crippen molar-refractivity contribution in [1.29, 1.82) is 0 Å². The van der Waals surface area contributed by atoms with Gasteiger partial charge in [-0.25, -0.2) is 18.4 Å². The lowest BCUT2D eigenvalue weighted by Gasteiger charge is -2.19. The molecule has 0 bridgehead atoms. The fourth-order valence-corrected chi connectivity index (χ4v) is 1.67. The molecule has 0 aliphatic heterocycles. The number of halogens is 2. The van der Waals surface area contributed by atoms with Gasteiger partial charge in [0.05, 0.1) is 11.3 Å². The number of hydrogen-bond acceptors (Lipinski definition) is 4. The van der Waals surface area contributed by atoms with Crippen molar-refractivity contribution in [3.8, 4) is 0 Å². The Morgan fingerprint density at radius 3 is 2.39 bits per heavy atom. The number of carbonyl (C=O) groups is 2. The van der Waals surface area contributed by atoms with Crippen LogP contribution in [0.1, 0.15) is 37.6 Å². The lowest BCUT2D eigenvalue weighted by Crippen LogP contribution is -2.33. The van der Waals surface area contributed by atoms with Crippen molar-refractivity contribution in [2.75, 3.05) is 18.4 Å². The largest absolute Gasteiger partial charge is 0.478 e. The van der Waals surface area contributed by atoms with E-state index in [1.165, 1.54) is 0 Å². The Hall–Kier alpha value is -2.38. The standard InChI is InChI=1S/C15H20F2N2O4/c1-15(2,3)23-14(22)19-8-4-7-18-10-6-5-9(13(20)21)11(16)12(10)17/h5-6,18H,4,7-8H2,1-3H3,(H,19,22)(H,20,21). The molecule has 0 aromatic heterocycles. The number of amides is 1. The lowest BCUT2D eigenvalue weighted by atomic mass is 10.2. The minimum Gasteiger partial charge on any atom is -0.478 e. The number of rotatable bonds is 6. The van der Waals surface area contributed by atoms with E-state index in [4.69, 9.17) is 9.84 Å². The van der Waals surface area contributed by atoms with Crippen molar-refractivity contribution < 1.29 is 28.2 Å². The topological polar surface area (TPSA) is 87.7 Å². The van der Waals surface area contributed by atoms with Crippen LogP contribution in [0.25, 0.3) is 0 Å². The molecule has 0 saturated carbocycles. The molecular formula is C15H20F2N2O4. The summed E-state index contributed by atoms with van der Waals surface area (Å²) in [4.78, 5) is 22.0. The van der Waals surface area contributed by atoms with Gasteiger partial charge < -0.3 is 20.5 Å². The molecule has 0 saturated heterocycles. The normalized spacial score (nSPS) is 11.0. The molecule has 0 aliphatic carbocycles. The fraction of sp³-hybridized carbons (Fsp3) is 0.467. The van der Waals surface area contributed by atoms with Gasteiger partial charge in [0.1, 0.15) is 5.60 Å². The summed E-state index contributed by atoms with van der Waals surface area (Å²) in [5.41, 5.74) is -1.45. The second-order valence-electron chi connectivity index (χ2n) is 5.80. The van der Waals surface area contributed by atoms with Crippen LogP contribution in [-0.2, 0) is 4.74 Å². The number of hydrogen-bond donors (Lipinski definition) is 3. The Balaban J connectivity index is 2.41. The van der Waals surface area contributed by atoms with E-state index in [1.807, 2.05) is 0 Å². The third-order valence-electron chi connectivity index (χ3n) is 2.65. The summed E-state index contributed by atoms with van der Waals surface area (Å²) in [6.45, 7) is 5.78. The summed E-state index contributed by atoms with van der Waals surface area (Å²) in [5.74, 6) is -4.19. The molecule has 0 heterocycles. The van der Waals surface area contributed by atoms with E-state index in [2.05, 4.69) is 10.6 Å². The number of nitrogens with one attached hydrogen (secondary N) is 2. The molecule has 128 valence electrons. The number of anilines is 1. The maximum atomic E-state index is 13.7. The maximum absolute atomic E-state index is 13.7. The highest BCUT2D eigenvalue weighted by atomic mass is 19.2. The minimum atomic E-state index is -1.53. The van der Waals surface area contributed by atoms with E-state index in [0.29, 0.717) is 13.0 Å². The van der Waals surface area contributed by atoms with Gasteiger partial charge in [-0.1, -0.05) is 0 Å². The molecule has 1 aromatic rings. The van der Waals surface area contributed by atoms with Crippen molar-refractivity contribution in [3.05, 3.63) is 29.3 Å². The summed E-state index contributed by atoms with van der Waals surface area (Å²) < 4.78 is 32.2. The van der Waals surface area contributed by atoms with E-state index in [1.54, 1.807) is 20.8 Å². The number of alkyl carbamates (subject to hydrolysis) is 1. The Morgan fingerprint density at radius 1 is 1.17 bits per heavy atom. The molecule has 23 heavy (non-hydrogen) atoms. The zero-order chi connectivity index (χ0) is 17.6. The Bertz CT molecular complexity index is 586. The van der Waals surface area contributed by atoms with Crippen LogP contribution in [0.3, 0.4) is 0 Å². The first kappa shape index (κ1) is 18.7. The van der Waals surface area contributed by atoms with E-state index in [9.17, 15) is 18.4 Å². The molecule has 1 aromatic carbocycles. The highest BCUT2D eigenvalue weighted by Crippen LogP contribution is 2.20. The molecule has 0 atom stereocenters. The molecule has 1 amide bonds. The molecule has 0 aliphatic rings. The monoisotopic (exact) mass is 330 g/mol. The molecule has 0 spiro atoms. The summed E-state index contributed by atoms with van der Waals surface area (Å²) in [6.07, 6.45) is -0.110. The van der Waals surface area contributed by atoms with Gasteiger partial charge in [-0.2, -0.15) is 0 Å². The molecular weight excluding hydrogens is 310 g/mol. The third kappa shape index (κ3) is 6.09. The molecule has 8 heteroatoms. The van der Waals surface area contributed by atoms with Crippen molar-refractivity contribution in [3.63, 3.8) is 0 Å². The van der Waals surface area contributed by atoms with Gasteiger partial charge >= 0.3 is 12.1 Å². The van der Waals surface area contributed by atoms with Gasteiger partial charge in [-0.05, 0) is 39.3 Å². The Morgan fingerprint density at radius 2 is 1.83 bits per heavy atom. The number of aromatic carboxylic acids is 1. The highest BCUT2D eigenvalue weighted by molar-refractivity contribution is 5.88. The number of carbonyl (C=O) groups excluding carboxylic acids is 1. The average molecular weight is 330 g/mol. The first-order chi connectivity index (χ1) is 10.6. The number of carboxylic acids is 1. The highest BCUT2D eigenvalue weighted by Gasteiger charge is 2.18. The zero-order valence-corrected chi connectivity index (χ0v) is 13.2. The summed E-state index contributed by atoms with van der Waals surface area (Å²) in [7, 11) is 0. The molecule has 3 N–H and O–H groups in total. The summed E-state index contributed by atoms with van der Waals surface area (Å²) >= 11 is 0. The van der Waals surface area contributed by atoms with Gasteiger partial charge in [-0.3, -0.25) is 0 Å². The van der Waals surface area contributed by atoms with Crippen LogP contribution in [0.4, 0.5) is 19.3 Å². The summed E-state index contributed by atoms with van der Waals surface area (Å²) in [5, 5.41) is 13.9. The van der Waals surface area contributed by atoms with Crippen LogP contribution < -0.4 is 10.6 Å². The smallest absolute Gasteiger partial charge is 0.407 e. The Labute approximate surface area is 132 Å². The van der Waals surface area contributed by atoms with Gasteiger partial charge in [-0.15, -0.1) is 0 Å². The van der Waals surface area contributed by atoms with Crippen LogP contribution in [-0.4, -0.2) is 35.9 Å². The second-order valence-corrected chi connectivity index (χ2v) is 5.80. The van der Waals surface area contributed by atoms with Crippen LogP contribution in [0.5, 0.6) is 0 Å². The van der Waals surface area contributed by atoms with E-state index in [0.717, 1.165) is 12.1 Å². The third-order valence-corrected chi connectivity index (χ3v) is 2.65. The first-order valence-corrected chi connectivity index (χ1v) is 7.04. The zero-order valence-electron chi connectivity index (χ0n) is 13.2. The molecule has 6 nitrogen and oxygen atoms in total. The van der Waals surface area contributed by atoms with Crippen molar-refractivity contribution >= 4 is 17.7 Å². The van der Waals surface area contributed by atoms with E-state index in [-0.39, 0.29) is 12.2 Å². The van der Waals surface area contributed by atoms with Gasteiger partial charge in [0.15, 0.2) is 11.6 Å². The quantitative estimate of drug-likeness (QED) is 0.698. The van der Waals surface area contributed by atoms with Gasteiger partial charge in [0, 0.05) is 13.1 Å². The molecule has 1 rings (SSSR count). The van der Waals surface area contributed by atoms with Crippen LogP contribution >= 0.6 is 0 Å². The SMILES string of the molecule is CC(C)(C)OC(=O)NCCCNc1ccc(C(=O)O)c(F)c1F. The predicted molar refractivity (Wildman–Crippen MR) is 80.7 cm³/mol. The number of benzene rings is 1. The van der Waals surface area contributed by atoms with Crippen molar-refractivity contribution in [2.24, 2.45) is 0 Å². The number of carboxylic acid groups (broad SMARTS) is 1. The summed E-state index contributed by atoms with van der Waals surface area (Å²) in [6, 6.07) is 2.14. The maximum Gasteiger partial charge on any atom is 0.407 e. The molecule has 0 fully saturated rings. The van der Waals surface area contributed by atoms with Crippen molar-refractivity contribution in [1.82, 2.24) is 5.32 Å². The fourth-order valence-electron chi connectivity index (χ4n) is 1.67. The molecule has 0 radical (unpaired) electrons. The second kappa shape index (κ2) is 7.75. The van der Waals surface area contributed by atoms with E-state index >= 15 is 0 Å². The number of ether oxygens (including phenoxy) is 1. The van der Waals surface area contributed by atoms with Gasteiger partial charge in [0.25, 0.3) is 0 Å². The van der Waals surface area contributed by atoms with Crippen LogP contribution in [0, 0.1) is 11.6 Å². The lowest BCUT2D eigenvalue weighted by molar-refractivity contribution is 0.0527. The van der Waals surface area contributed by atoms with Gasteiger partial charge in [0.2, 0.25) is 0 Å². The minimum absolute atomic E-state index is 0.134. The first-order valence-electron chi connectivity index (χ1n) is 7.04. The van der Waals surface area contributed by atoms with Crippen LogP contribution in [0.2, 0.25) is 0 Å². The Kier molecular flexibility index (Phi) is 6.29. The van der Waals surface area contributed by atoms with Crippen LogP contribution in [0.15, 0.2) is 12.1 Å². The predicted octanol–water partition coefficient (Wildman–Crippen LogP) is 2.99.